The van der Waals surface area contributed by atoms with E-state index in [1.165, 1.54) is 0 Å². The van der Waals surface area contributed by atoms with Crippen molar-refractivity contribution in [3.8, 4) is 0 Å². The Balaban J connectivity index is 2.85. The number of carboxylic acids is 1. The Labute approximate surface area is 136 Å². The summed E-state index contributed by atoms with van der Waals surface area (Å²) >= 11 is 0. The van der Waals surface area contributed by atoms with E-state index in [0.29, 0.717) is 6.42 Å². The number of rotatable bonds is 9. The summed E-state index contributed by atoms with van der Waals surface area (Å²) in [7, 11) is -5.37. The molecule has 1 fully saturated rings. The molecule has 1 heterocycles. The maximum atomic E-state index is 12.3. The lowest BCUT2D eigenvalue weighted by molar-refractivity contribution is -0.144. The monoisotopic (exact) mass is 352 g/mol. The highest BCUT2D eigenvalue weighted by Gasteiger charge is 2.52. The number of nitrogens with one attached hydrogen (secondary N) is 1. The maximum Gasteiger partial charge on any atom is 0.451 e. The number of nitrogens with two attached hydrogens (primary N) is 2. The number of hydrogen-bond acceptors (Lipinski definition) is 7. The number of nitrogens with zero attached hydrogens (tertiary/aromatic N) is 1. The zero-order chi connectivity index (χ0) is 17.8. The summed E-state index contributed by atoms with van der Waals surface area (Å²) in [5.41, 5.74) is 9.61. The van der Waals surface area contributed by atoms with Crippen LogP contribution in [0.25, 0.3) is 0 Å². The van der Waals surface area contributed by atoms with Crippen molar-refractivity contribution >= 4 is 23.3 Å². The number of aliphatic carboxylic acids is 1. The lowest BCUT2D eigenvalue weighted by atomic mass is 9.78. The van der Waals surface area contributed by atoms with Crippen LogP contribution in [0.3, 0.4) is 0 Å². The van der Waals surface area contributed by atoms with Crippen molar-refractivity contribution in [1.82, 2.24) is 9.03 Å². The van der Waals surface area contributed by atoms with Gasteiger partial charge in [0.2, 0.25) is 0 Å². The van der Waals surface area contributed by atoms with E-state index in [1.54, 1.807) is 6.92 Å². The Bertz CT molecular complexity index is 519. The van der Waals surface area contributed by atoms with Crippen molar-refractivity contribution in [1.29, 1.82) is 0 Å². The van der Waals surface area contributed by atoms with Crippen molar-refractivity contribution in [2.45, 2.75) is 37.7 Å². The number of carbonyl (C=O) groups is 1. The lowest BCUT2D eigenvalue weighted by Crippen LogP contribution is -2.55. The molecule has 1 rings (SSSR count). The van der Waals surface area contributed by atoms with E-state index in [-0.39, 0.29) is 32.4 Å². The Morgan fingerprint density at radius 2 is 2.13 bits per heavy atom. The molecule has 0 aromatic rings. The van der Waals surface area contributed by atoms with E-state index >= 15 is 0 Å². The molecule has 0 aromatic heterocycles. The SMILES string of the molecule is CC(CN)NS(=O)(=O)N1C[C@H](CCCB(O)O)[C@](N)(C(=O)O)C1. The van der Waals surface area contributed by atoms with Crippen molar-refractivity contribution in [3.05, 3.63) is 0 Å². The largest absolute Gasteiger partial charge is 0.480 e. The molecule has 10 nitrogen and oxygen atoms in total. The Kier molecular flexibility index (Phi) is 6.95. The molecule has 0 saturated carbocycles. The fourth-order valence-electron chi connectivity index (χ4n) is 2.59. The van der Waals surface area contributed by atoms with Crippen LogP contribution in [0.15, 0.2) is 0 Å². The zero-order valence-corrected chi connectivity index (χ0v) is 13.9. The first-order chi connectivity index (χ1) is 10.5. The maximum absolute atomic E-state index is 12.3. The summed E-state index contributed by atoms with van der Waals surface area (Å²) in [6.45, 7) is 1.32. The molecular formula is C11H25BN4O6S. The minimum Gasteiger partial charge on any atom is -0.480 e. The summed E-state index contributed by atoms with van der Waals surface area (Å²) < 4.78 is 27.9. The van der Waals surface area contributed by atoms with E-state index in [4.69, 9.17) is 21.5 Å². The quantitative estimate of drug-likeness (QED) is 0.240. The van der Waals surface area contributed by atoms with Gasteiger partial charge in [-0.25, -0.2) is 0 Å². The van der Waals surface area contributed by atoms with E-state index in [0.717, 1.165) is 4.31 Å². The average Bonchev–Trinajstić information content (AvgIpc) is 2.77. The molecule has 1 aliphatic rings. The highest BCUT2D eigenvalue weighted by atomic mass is 32.2. The number of carboxylic acid groups (broad SMARTS) is 1. The normalized spacial score (nSPS) is 27.1. The third-order valence-electron chi connectivity index (χ3n) is 4.05. The summed E-state index contributed by atoms with van der Waals surface area (Å²) in [4.78, 5) is 11.5. The molecule has 3 atom stereocenters. The summed E-state index contributed by atoms with van der Waals surface area (Å²) in [5.74, 6) is -1.90. The summed E-state index contributed by atoms with van der Waals surface area (Å²) in [6.07, 6.45) is 0.676. The first-order valence-corrected chi connectivity index (χ1v) is 8.82. The standard InChI is InChI=1S/C11H25BN4O6S/c1-8(5-13)15-23(21,22)16-6-9(3-2-4-12(19)20)11(14,7-16)10(17)18/h8-9,15,19-20H,2-7,13-14H2,1H3,(H,17,18)/t8?,9-,11-/m0/s1. The van der Waals surface area contributed by atoms with Gasteiger partial charge in [0.25, 0.3) is 10.2 Å². The minimum absolute atomic E-state index is 0.0447. The van der Waals surface area contributed by atoms with E-state index in [1.807, 2.05) is 0 Å². The third kappa shape index (κ3) is 5.11. The highest BCUT2D eigenvalue weighted by Crippen LogP contribution is 2.31. The molecule has 0 spiro atoms. The van der Waals surface area contributed by atoms with E-state index < -0.39 is 40.8 Å². The summed E-state index contributed by atoms with van der Waals surface area (Å²) in [6, 6.07) is -0.486. The fraction of sp³-hybridized carbons (Fsp3) is 0.909. The topological polar surface area (TPSA) is 179 Å². The van der Waals surface area contributed by atoms with E-state index in [9.17, 15) is 18.3 Å². The second kappa shape index (κ2) is 7.88. The molecule has 12 heteroatoms. The van der Waals surface area contributed by atoms with Crippen LogP contribution in [0.5, 0.6) is 0 Å². The molecule has 0 bridgehead atoms. The van der Waals surface area contributed by atoms with Gasteiger partial charge in [-0.1, -0.05) is 6.42 Å². The predicted octanol–water partition coefficient (Wildman–Crippen LogP) is -2.87. The Morgan fingerprint density at radius 1 is 1.52 bits per heavy atom. The third-order valence-corrected chi connectivity index (χ3v) is 5.71. The molecular weight excluding hydrogens is 327 g/mol. The first kappa shape index (κ1) is 20.3. The molecule has 0 aliphatic carbocycles. The van der Waals surface area contributed by atoms with Gasteiger partial charge in [-0.3, -0.25) is 4.79 Å². The number of hydrogen-bond donors (Lipinski definition) is 6. The van der Waals surface area contributed by atoms with E-state index in [2.05, 4.69) is 4.72 Å². The molecule has 0 aromatic carbocycles. The van der Waals surface area contributed by atoms with Gasteiger partial charge in [0.05, 0.1) is 0 Å². The van der Waals surface area contributed by atoms with Gasteiger partial charge in [0, 0.05) is 31.6 Å². The van der Waals surface area contributed by atoms with Crippen molar-refractivity contribution in [2.24, 2.45) is 17.4 Å². The predicted molar refractivity (Wildman–Crippen MR) is 84.4 cm³/mol. The van der Waals surface area contributed by atoms with Crippen molar-refractivity contribution < 1.29 is 28.4 Å². The molecule has 0 amide bonds. The first-order valence-electron chi connectivity index (χ1n) is 7.38. The van der Waals surface area contributed by atoms with Crippen LogP contribution < -0.4 is 16.2 Å². The van der Waals surface area contributed by atoms with Gasteiger partial charge < -0.3 is 26.6 Å². The van der Waals surface area contributed by atoms with Crippen molar-refractivity contribution in [2.75, 3.05) is 19.6 Å². The van der Waals surface area contributed by atoms with Crippen LogP contribution in [-0.2, 0) is 15.0 Å². The molecule has 8 N–H and O–H groups in total. The zero-order valence-electron chi connectivity index (χ0n) is 13.1. The second-order valence-corrected chi connectivity index (χ2v) is 7.71. The molecule has 1 unspecified atom stereocenters. The minimum atomic E-state index is -3.89. The van der Waals surface area contributed by atoms with Gasteiger partial charge in [-0.2, -0.15) is 17.4 Å². The van der Waals surface area contributed by atoms with Gasteiger partial charge in [0.1, 0.15) is 5.54 Å². The van der Waals surface area contributed by atoms with Crippen molar-refractivity contribution in [3.63, 3.8) is 0 Å². The summed E-state index contributed by atoms with van der Waals surface area (Å²) in [5, 5.41) is 27.1. The molecule has 1 saturated heterocycles. The Hall–Kier alpha value is -0.755. The van der Waals surface area contributed by atoms with Gasteiger partial charge in [-0.05, 0) is 19.7 Å². The highest BCUT2D eigenvalue weighted by molar-refractivity contribution is 7.87. The van der Waals surface area contributed by atoms with Crippen LogP contribution >= 0.6 is 0 Å². The molecule has 134 valence electrons. The van der Waals surface area contributed by atoms with Gasteiger partial charge in [-0.15, -0.1) is 0 Å². The smallest absolute Gasteiger partial charge is 0.451 e. The van der Waals surface area contributed by atoms with Gasteiger partial charge in [0.15, 0.2) is 0 Å². The van der Waals surface area contributed by atoms with Crippen LogP contribution in [0.4, 0.5) is 0 Å². The molecule has 1 aliphatic heterocycles. The lowest BCUT2D eigenvalue weighted by Gasteiger charge is -2.25. The average molecular weight is 352 g/mol. The molecule has 0 radical (unpaired) electrons. The van der Waals surface area contributed by atoms with Crippen LogP contribution in [0.2, 0.25) is 6.32 Å². The Morgan fingerprint density at radius 3 is 2.61 bits per heavy atom. The van der Waals surface area contributed by atoms with Crippen LogP contribution in [0.1, 0.15) is 19.8 Å². The second-order valence-electron chi connectivity index (χ2n) is 6.01. The van der Waals surface area contributed by atoms with Gasteiger partial charge >= 0.3 is 13.1 Å². The van der Waals surface area contributed by atoms with Crippen LogP contribution in [0, 0.1) is 5.92 Å². The fourth-order valence-corrected chi connectivity index (χ4v) is 4.11. The van der Waals surface area contributed by atoms with Crippen LogP contribution in [-0.4, -0.2) is 72.2 Å². The molecule has 23 heavy (non-hydrogen) atoms.